The molecule has 4 saturated heterocycles. The molecule has 13 N–H and O–H groups in total. The van der Waals surface area contributed by atoms with E-state index in [2.05, 4.69) is 75.5 Å². The maximum Gasteiger partial charge on any atom is 0.354 e. The molecule has 10 aromatic rings. The fraction of sp³-hybridized carbons (Fsp3) is 0.270. The number of fused-ring (bicyclic) bond motifs is 6. The van der Waals surface area contributed by atoms with Crippen LogP contribution in [-0.2, 0) is 65.4 Å². The average molecular weight is 2020 g/mol. The van der Waals surface area contributed by atoms with Gasteiger partial charge in [-0.1, -0.05) is 143 Å². The van der Waals surface area contributed by atoms with Crippen molar-refractivity contribution in [2.75, 3.05) is 56.2 Å². The Hall–Kier alpha value is -17.8. The van der Waals surface area contributed by atoms with Gasteiger partial charge in [-0.05, 0) is 110 Å². The number of amides is 4. The van der Waals surface area contributed by atoms with E-state index in [1.807, 2.05) is 87.5 Å². The molecule has 46 heteroatoms. The van der Waals surface area contributed by atoms with Crippen molar-refractivity contribution in [3.63, 3.8) is 0 Å². The van der Waals surface area contributed by atoms with E-state index in [-0.39, 0.29) is 65.6 Å². The second-order valence-corrected chi connectivity index (χ2v) is 31.2. The lowest BCUT2D eigenvalue weighted by Crippen LogP contribution is -2.56. The van der Waals surface area contributed by atoms with E-state index >= 15 is 0 Å². The van der Waals surface area contributed by atoms with Gasteiger partial charge in [0.2, 0.25) is 6.29 Å². The number of carbonyl (C=O) groups is 7. The molecule has 4 fully saturated rings. The average Bonchev–Trinajstić information content (AvgIpc) is 1.33. The molecule has 0 spiro atoms. The second-order valence-electron chi connectivity index (χ2n) is 31.2. The number of aromatic amines is 2. The number of aromatic nitrogens is 12. The van der Waals surface area contributed by atoms with Gasteiger partial charge in [-0.25, -0.2) is 62.6 Å². The Labute approximate surface area is 837 Å². The molecule has 754 valence electrons. The number of aliphatic hydroxyl groups is 2. The lowest BCUT2D eigenvalue weighted by molar-refractivity contribution is -0.146. The summed E-state index contributed by atoms with van der Waals surface area (Å²) in [5.41, 5.74) is 19.9. The highest BCUT2D eigenvalue weighted by atomic mass is 35.5. The summed E-state index contributed by atoms with van der Waals surface area (Å²) in [6, 6.07) is 69.0. The van der Waals surface area contributed by atoms with Crippen molar-refractivity contribution in [3.05, 3.63) is 304 Å². The molecule has 2 aromatic heterocycles. The van der Waals surface area contributed by atoms with Gasteiger partial charge in [-0.15, -0.1) is 11.6 Å². The summed E-state index contributed by atoms with van der Waals surface area (Å²) in [5, 5.41) is 59.4. The molecule has 4 unspecified atom stereocenters. The van der Waals surface area contributed by atoms with E-state index in [0.717, 1.165) is 26.0 Å². The highest BCUT2D eigenvalue weighted by Gasteiger charge is 2.51. The number of aryl methyl sites for hydroxylation is 2. The van der Waals surface area contributed by atoms with Gasteiger partial charge >= 0.3 is 58.6 Å². The number of allylic oxidation sites excluding steroid dienone is 1. The van der Waals surface area contributed by atoms with E-state index in [0.29, 0.717) is 88.0 Å². The fourth-order valence-corrected chi connectivity index (χ4v) is 15.0. The number of carbonyl (C=O) groups excluding carboxylic acids is 7. The van der Waals surface area contributed by atoms with Crippen LogP contribution in [0.15, 0.2) is 254 Å². The van der Waals surface area contributed by atoms with Crippen molar-refractivity contribution in [1.29, 1.82) is 21.0 Å². The molecule has 18 rings (SSSR count). The molecular weight excluding hydrogens is 1910 g/mol. The number of imide groups is 2. The molecule has 13 atom stereocenters. The van der Waals surface area contributed by atoms with Crippen LogP contribution in [0.5, 0.6) is 0 Å². The quantitative estimate of drug-likeness (QED) is 0.00511. The maximum absolute atomic E-state index is 13.8. The number of hydrogen-bond acceptors (Lipinski definition) is 37. The summed E-state index contributed by atoms with van der Waals surface area (Å²) in [4.78, 5) is 184. The minimum atomic E-state index is -1.25. The number of urea groups is 1. The van der Waals surface area contributed by atoms with Crippen molar-refractivity contribution >= 4 is 120 Å². The van der Waals surface area contributed by atoms with Gasteiger partial charge in [-0.3, -0.25) is 49.4 Å². The van der Waals surface area contributed by atoms with Crippen molar-refractivity contribution in [1.82, 2.24) is 68.8 Å². The number of nitrogens with one attached hydrogen (secondary N) is 5. The number of methoxy groups -OCH3 is 2. The van der Waals surface area contributed by atoms with Crippen molar-refractivity contribution < 1.29 is 84.4 Å². The van der Waals surface area contributed by atoms with E-state index in [1.165, 1.54) is 20.3 Å². The Kier molecular flexibility index (Phi) is 39.4. The second kappa shape index (κ2) is 53.7. The number of anilines is 4. The predicted octanol–water partition coefficient (Wildman–Crippen LogP) is 7.67. The zero-order valence-electron chi connectivity index (χ0n) is 80.7. The number of para-hydroxylation sites is 10. The first-order chi connectivity index (χ1) is 71.2. The minimum absolute atomic E-state index is 0.0382. The Morgan fingerprint density at radius 3 is 1.47 bits per heavy atom. The van der Waals surface area contributed by atoms with Gasteiger partial charge in [0.15, 0.2) is 52.8 Å². The van der Waals surface area contributed by atoms with Gasteiger partial charge in [0.05, 0.1) is 141 Å². The Bertz CT molecular complexity index is 7520. The zero-order chi connectivity index (χ0) is 107. The van der Waals surface area contributed by atoms with Crippen LogP contribution in [0.1, 0.15) is 99.1 Å². The first kappa shape index (κ1) is 107. The summed E-state index contributed by atoms with van der Waals surface area (Å²) >= 11 is 4.61. The van der Waals surface area contributed by atoms with Crippen LogP contribution in [0.25, 0.3) is 67.3 Å². The molecule has 146 heavy (non-hydrogen) atoms. The van der Waals surface area contributed by atoms with E-state index < -0.39 is 150 Å². The fourth-order valence-electron chi connectivity index (χ4n) is 15.0. The third-order valence-electron chi connectivity index (χ3n) is 22.0. The molecule has 0 aliphatic carbocycles. The highest BCUT2D eigenvalue weighted by molar-refractivity contribution is 6.66. The summed E-state index contributed by atoms with van der Waals surface area (Å²) in [5.74, 6) is -5.03. The summed E-state index contributed by atoms with van der Waals surface area (Å²) in [7, 11) is 2.71. The Balaban J connectivity index is 0.000000183. The number of aliphatic hydroxyl groups excluding tert-OH is 2. The number of nitriles is 4. The number of nitrogens with two attached hydrogens (primary N) is 3. The number of nitrogens with zero attached hydrogens (tertiary/aromatic N) is 14. The molecule has 8 aliphatic rings. The molecule has 10 heterocycles. The number of benzene rings is 8. The Morgan fingerprint density at radius 1 is 0.541 bits per heavy atom. The van der Waals surface area contributed by atoms with Crippen molar-refractivity contribution in [3.8, 4) is 47.3 Å². The molecular formula is C100H99ClN22O23. The number of halogens is 1. The summed E-state index contributed by atoms with van der Waals surface area (Å²) in [6.45, 7) is 9.49. The van der Waals surface area contributed by atoms with Crippen LogP contribution in [0.2, 0.25) is 0 Å². The normalized spacial score (nSPS) is 19.0. The standard InChI is InChI=1S/C27H25N5O6.C21H22O5.C16H16N4O6.C13H9N5O2.C9H11N3.C6H8N2.C4H2N2O4.C3H3N.CH3Cl/c1-3-19-21(38-26(34)16-10-5-4-6-11-16)22(36-2)25(37-19)32-24(33)20-23(30-27(32)35)31(15-9-14-28)18-13-8-7-12-17(18)29-20;1-3-17-18(25-19(22)15-10-6-4-7-11-15)14(2)21(24-17)26-20(23)16-12-8-5-9-13-16;1-25-12-11(22)9(6-21)26-15(12)20-14(23)10-13(19-16(20)24)18-8-5-3-2-4-7(8)17-10;14-6-3-7-18-9-5-2-1-4-8(9)15-10-11(18)16-13(20)17-12(10)19;10-6-3-7-12-9-5-2-1-4-8(9)11;7-5-3-1-2-4-6(5)8;7-1-2(8)5-4(10)6-3(1)9;1-2-3-4;1-2/h4-8,10-13,19,21-22,25H,3,9,15H2,1-2H3;4-14,17-18,21H,3H2,1-2H3;2-5,9,11-12,15,21-22H,6H2,1H3,(H,18,19,24);1-2,4-5H,3,7H2,(H,17,19,20);1-2,4-5,12H,3,7,11H2;1-4H,7-8H2;(H2,5,6,8,9,10);2H,1H2;1H3/t19-,21-,22?,25-;14?,17-,18+,21-;9-,11-,12?,15-;;;;;;/m111....../s1/i;;;;;;;;1TD. The van der Waals surface area contributed by atoms with Gasteiger partial charge < -0.3 is 79.8 Å². The van der Waals surface area contributed by atoms with Crippen LogP contribution in [0, 0.1) is 51.2 Å². The van der Waals surface area contributed by atoms with E-state index in [9.17, 15) is 72.5 Å². The topological polar surface area (TPSA) is 674 Å². The van der Waals surface area contributed by atoms with Crippen LogP contribution in [0.4, 0.5) is 27.5 Å². The minimum Gasteiger partial charge on any atom is -0.455 e. The number of esters is 3. The third kappa shape index (κ3) is 27.3. The highest BCUT2D eigenvalue weighted by Crippen LogP contribution is 2.37. The number of Topliss-reactive ketones (excluding diaryl/α,β-unsaturated/α-hetero) is 1. The van der Waals surface area contributed by atoms with E-state index in [1.54, 1.807) is 177 Å². The lowest BCUT2D eigenvalue weighted by atomic mass is 10.0. The van der Waals surface area contributed by atoms with Gasteiger partial charge in [-0.2, -0.15) is 31.0 Å². The molecule has 8 aromatic carbocycles. The molecule has 4 amide bonds. The molecule has 0 saturated carbocycles. The number of nitrogen functional groups attached to an aromatic ring is 3. The summed E-state index contributed by atoms with van der Waals surface area (Å²) < 4.78 is 62.2. The first-order valence-corrected chi connectivity index (χ1v) is 45.0. The number of H-pyrrole nitrogens is 2. The molecule has 0 radical (unpaired) electrons. The van der Waals surface area contributed by atoms with Crippen LogP contribution in [-0.4, -0.2) is 199 Å². The van der Waals surface area contributed by atoms with E-state index in [4.69, 9.17) is 78.9 Å². The van der Waals surface area contributed by atoms with Crippen LogP contribution < -0.4 is 66.9 Å². The van der Waals surface area contributed by atoms with Gasteiger partial charge in [0, 0.05) is 49.0 Å². The maximum atomic E-state index is 13.8. The molecule has 45 nitrogen and oxygen atoms in total. The predicted molar refractivity (Wildman–Crippen MR) is 531 cm³/mol. The number of rotatable bonds is 20. The number of hydrogen-bond donors (Lipinski definition) is 10. The smallest absolute Gasteiger partial charge is 0.354 e. The third-order valence-corrected chi connectivity index (χ3v) is 22.0. The number of ketones is 1. The zero-order valence-corrected chi connectivity index (χ0v) is 79.5. The number of alkyl halides is 1. The first-order valence-electron chi connectivity index (χ1n) is 45.7. The summed E-state index contributed by atoms with van der Waals surface area (Å²) in [6.07, 6.45) is -7.62. The van der Waals surface area contributed by atoms with Gasteiger partial charge in [0.25, 0.3) is 16.7 Å². The number of ether oxygens (including phenoxy) is 8. The SMILES string of the molecule is C=CC#N.CC[C@H]1O[C@@H](n2c(=O)nc3n(CCC#N)c4ccccc4nc-3c2=O)C(OC)[C@@H]1OC(=O)c1ccccc1.CC[C@H]1O[C@H](OC(=O)c2ccccc2)C(C)[C@@H]1OC(=O)c1ccccc1.COC1[C@H](n2c(=O)[nH]c3nc4ccccc4nc3c2=O)O[C@H](CO)[C@H]1O.N#CCCNc1ccccc1N.N#CCCn1c2nc(=O)[nH]c(=O)c-2nc2ccccc21.Nc1ccccc1N.O=C1NC(=O)C(=O)C(=O)N1.[2H]C([3H])Cl. The van der Waals surface area contributed by atoms with Crippen molar-refractivity contribution in [2.45, 2.75) is 134 Å². The monoisotopic (exact) mass is 2010 g/mol. The lowest BCUT2D eigenvalue weighted by Gasteiger charge is -2.24. The molecule has 8 aliphatic heterocycles. The van der Waals surface area contributed by atoms with Crippen LogP contribution in [0.3, 0.4) is 0 Å². The van der Waals surface area contributed by atoms with Crippen LogP contribution >= 0.6 is 11.6 Å². The molecule has 0 bridgehead atoms. The Morgan fingerprint density at radius 2 is 0.979 bits per heavy atom. The van der Waals surface area contributed by atoms with Gasteiger partial charge in [0.1, 0.15) is 30.5 Å². The van der Waals surface area contributed by atoms with Crippen molar-refractivity contribution in [2.24, 2.45) is 5.92 Å². The number of barbiturate groups is 1. The largest absolute Gasteiger partial charge is 0.455 e.